The molecule has 0 unspecified atom stereocenters. The minimum atomic E-state index is -4.98. The fraction of sp³-hybridized carbons (Fsp3) is 0.222. The predicted molar refractivity (Wildman–Crippen MR) is 91.2 cm³/mol. The second kappa shape index (κ2) is 7.37. The molecule has 0 spiro atoms. The van der Waals surface area contributed by atoms with Crippen LogP contribution in [0.5, 0.6) is 5.75 Å². The zero-order valence-corrected chi connectivity index (χ0v) is 14.7. The molecule has 0 amide bonds. The van der Waals surface area contributed by atoms with E-state index in [1.54, 1.807) is 19.9 Å². The van der Waals surface area contributed by atoms with E-state index in [2.05, 4.69) is 24.7 Å². The van der Waals surface area contributed by atoms with Gasteiger partial charge < -0.3 is 9.72 Å². The number of H-pyrrole nitrogens is 1. The number of halogens is 4. The first-order chi connectivity index (χ1) is 13.1. The molecule has 3 rings (SSSR count). The van der Waals surface area contributed by atoms with Gasteiger partial charge in [0.25, 0.3) is 5.56 Å². The van der Waals surface area contributed by atoms with Crippen molar-refractivity contribution in [1.82, 2.24) is 19.9 Å². The first-order valence-corrected chi connectivity index (χ1v) is 8.08. The summed E-state index contributed by atoms with van der Waals surface area (Å²) in [4.78, 5) is 26.6. The van der Waals surface area contributed by atoms with Crippen molar-refractivity contribution < 1.29 is 22.3 Å². The number of ether oxygens (including phenoxy) is 1. The Kier molecular flexibility index (Phi) is 5.12. The van der Waals surface area contributed by atoms with Crippen LogP contribution in [0.2, 0.25) is 0 Å². The number of aryl methyl sites for hydroxylation is 1. The van der Waals surface area contributed by atoms with E-state index >= 15 is 0 Å². The number of rotatable bonds is 4. The van der Waals surface area contributed by atoms with Gasteiger partial charge in [-0.3, -0.25) is 4.79 Å². The monoisotopic (exact) mass is 394 g/mol. The van der Waals surface area contributed by atoms with E-state index in [0.29, 0.717) is 28.5 Å². The maximum absolute atomic E-state index is 14.0. The SMILES string of the molecule is Cc1nc(-c2cc([C@@H](C)c3ccc(OC(F)(F)F)c(F)c3)ncn2)cc(=O)[nH]1. The summed E-state index contributed by atoms with van der Waals surface area (Å²) in [5.41, 5.74) is 1.28. The molecule has 0 fully saturated rings. The molecule has 28 heavy (non-hydrogen) atoms. The van der Waals surface area contributed by atoms with Crippen LogP contribution < -0.4 is 10.3 Å². The molecule has 0 saturated carbocycles. The van der Waals surface area contributed by atoms with Crippen molar-refractivity contribution >= 4 is 0 Å². The molecule has 0 saturated heterocycles. The second-order valence-corrected chi connectivity index (χ2v) is 6.00. The fourth-order valence-corrected chi connectivity index (χ4v) is 2.62. The number of nitrogens with zero attached hydrogens (tertiary/aromatic N) is 3. The zero-order chi connectivity index (χ0) is 20.5. The van der Waals surface area contributed by atoms with Crippen LogP contribution in [0, 0.1) is 12.7 Å². The second-order valence-electron chi connectivity index (χ2n) is 6.00. The molecular weight excluding hydrogens is 380 g/mol. The highest BCUT2D eigenvalue weighted by Crippen LogP contribution is 2.30. The third-order valence-electron chi connectivity index (χ3n) is 3.94. The van der Waals surface area contributed by atoms with E-state index in [9.17, 15) is 22.4 Å². The number of aromatic nitrogens is 4. The quantitative estimate of drug-likeness (QED) is 0.682. The minimum absolute atomic E-state index is 0.335. The Balaban J connectivity index is 1.92. The largest absolute Gasteiger partial charge is 0.573 e. The number of aromatic amines is 1. The molecule has 1 aromatic carbocycles. The summed E-state index contributed by atoms with van der Waals surface area (Å²) >= 11 is 0. The molecule has 0 bridgehead atoms. The van der Waals surface area contributed by atoms with Gasteiger partial charge in [0.15, 0.2) is 11.6 Å². The van der Waals surface area contributed by atoms with Crippen molar-refractivity contribution in [1.29, 1.82) is 0 Å². The molecular formula is C18H14F4N4O2. The molecule has 6 nitrogen and oxygen atoms in total. The number of hydrogen-bond donors (Lipinski definition) is 1. The summed E-state index contributed by atoms with van der Waals surface area (Å²) in [6, 6.07) is 6.07. The van der Waals surface area contributed by atoms with Crippen LogP contribution in [0.4, 0.5) is 17.6 Å². The minimum Gasteiger partial charge on any atom is -0.403 e. The average Bonchev–Trinajstić information content (AvgIpc) is 2.61. The van der Waals surface area contributed by atoms with Gasteiger partial charge in [-0.1, -0.05) is 13.0 Å². The number of benzene rings is 1. The van der Waals surface area contributed by atoms with E-state index in [1.807, 2.05) is 0 Å². The summed E-state index contributed by atoms with van der Waals surface area (Å²) in [5.74, 6) is -2.09. The molecule has 10 heteroatoms. The molecule has 0 aliphatic rings. The lowest BCUT2D eigenvalue weighted by atomic mass is 9.96. The Hall–Kier alpha value is -3.30. The first-order valence-electron chi connectivity index (χ1n) is 8.08. The van der Waals surface area contributed by atoms with Gasteiger partial charge in [0, 0.05) is 12.0 Å². The van der Waals surface area contributed by atoms with Gasteiger partial charge in [0.1, 0.15) is 12.2 Å². The topological polar surface area (TPSA) is 80.8 Å². The zero-order valence-electron chi connectivity index (χ0n) is 14.7. The molecule has 3 aromatic rings. The van der Waals surface area contributed by atoms with Gasteiger partial charge in [-0.05, 0) is 30.7 Å². The summed E-state index contributed by atoms with van der Waals surface area (Å²) < 4.78 is 54.4. The lowest BCUT2D eigenvalue weighted by Gasteiger charge is -2.14. The lowest BCUT2D eigenvalue weighted by molar-refractivity contribution is -0.275. The normalized spacial score (nSPS) is 12.6. The van der Waals surface area contributed by atoms with Crippen LogP contribution >= 0.6 is 0 Å². The van der Waals surface area contributed by atoms with Gasteiger partial charge in [-0.25, -0.2) is 19.3 Å². The summed E-state index contributed by atoms with van der Waals surface area (Å²) in [5, 5.41) is 0. The van der Waals surface area contributed by atoms with Gasteiger partial charge >= 0.3 is 6.36 Å². The van der Waals surface area contributed by atoms with Crippen LogP contribution in [0.1, 0.15) is 29.9 Å². The molecule has 2 heterocycles. The maximum atomic E-state index is 14.0. The van der Waals surface area contributed by atoms with Gasteiger partial charge in [-0.15, -0.1) is 13.2 Å². The Morgan fingerprint density at radius 1 is 1.11 bits per heavy atom. The summed E-state index contributed by atoms with van der Waals surface area (Å²) in [6.07, 6.45) is -3.70. The Labute approximate surface area is 156 Å². The molecule has 0 aliphatic heterocycles. The third-order valence-corrected chi connectivity index (χ3v) is 3.94. The van der Waals surface area contributed by atoms with Crippen LogP contribution in [0.15, 0.2) is 41.5 Å². The van der Waals surface area contributed by atoms with Gasteiger partial charge in [-0.2, -0.15) is 0 Å². The van der Waals surface area contributed by atoms with E-state index in [1.165, 1.54) is 18.5 Å². The molecule has 2 aromatic heterocycles. The fourth-order valence-electron chi connectivity index (χ4n) is 2.62. The van der Waals surface area contributed by atoms with Gasteiger partial charge in [0.2, 0.25) is 0 Å². The molecule has 1 atom stereocenters. The standard InChI is InChI=1S/C18H14F4N4O2/c1-9(11-3-4-16(12(19)5-11)28-18(20,21)22)13-6-14(24-8-23-13)15-7-17(27)26-10(2)25-15/h3-9H,1-2H3,(H,25,26,27)/t9-/m0/s1. The summed E-state index contributed by atoms with van der Waals surface area (Å²) in [7, 11) is 0. The van der Waals surface area contributed by atoms with Crippen LogP contribution in [0.3, 0.4) is 0 Å². The van der Waals surface area contributed by atoms with Crippen molar-refractivity contribution in [3.63, 3.8) is 0 Å². The highest BCUT2D eigenvalue weighted by atomic mass is 19.4. The molecule has 0 radical (unpaired) electrons. The number of nitrogens with one attached hydrogen (secondary N) is 1. The van der Waals surface area contributed by atoms with Crippen molar-refractivity contribution in [3.8, 4) is 17.1 Å². The smallest absolute Gasteiger partial charge is 0.403 e. The Bertz CT molecular complexity index is 1070. The van der Waals surface area contributed by atoms with Crippen LogP contribution in [0.25, 0.3) is 11.4 Å². The molecule has 1 N–H and O–H groups in total. The van der Waals surface area contributed by atoms with Gasteiger partial charge in [0.05, 0.1) is 17.1 Å². The molecule has 0 aliphatic carbocycles. The summed E-state index contributed by atoms with van der Waals surface area (Å²) in [6.45, 7) is 3.34. The third kappa shape index (κ3) is 4.51. The highest BCUT2D eigenvalue weighted by Gasteiger charge is 2.32. The van der Waals surface area contributed by atoms with E-state index < -0.39 is 23.8 Å². The predicted octanol–water partition coefficient (Wildman–Crippen LogP) is 3.72. The van der Waals surface area contributed by atoms with Crippen LogP contribution in [-0.2, 0) is 0 Å². The van der Waals surface area contributed by atoms with Crippen molar-refractivity contribution in [2.75, 3.05) is 0 Å². The number of hydrogen-bond acceptors (Lipinski definition) is 5. The Morgan fingerprint density at radius 2 is 1.86 bits per heavy atom. The van der Waals surface area contributed by atoms with E-state index in [0.717, 1.165) is 12.1 Å². The molecule has 146 valence electrons. The van der Waals surface area contributed by atoms with Crippen molar-refractivity contribution in [2.45, 2.75) is 26.1 Å². The number of alkyl halides is 3. The van der Waals surface area contributed by atoms with Crippen molar-refractivity contribution in [3.05, 3.63) is 69.9 Å². The average molecular weight is 394 g/mol. The maximum Gasteiger partial charge on any atom is 0.573 e. The first kappa shape index (κ1) is 19.5. The Morgan fingerprint density at radius 3 is 2.50 bits per heavy atom. The van der Waals surface area contributed by atoms with Crippen LogP contribution in [-0.4, -0.2) is 26.3 Å². The van der Waals surface area contributed by atoms with E-state index in [4.69, 9.17) is 0 Å². The lowest BCUT2D eigenvalue weighted by Crippen LogP contribution is -2.18. The highest BCUT2D eigenvalue weighted by molar-refractivity contribution is 5.54. The van der Waals surface area contributed by atoms with E-state index in [-0.39, 0.29) is 5.56 Å². The van der Waals surface area contributed by atoms with Crippen molar-refractivity contribution in [2.24, 2.45) is 0 Å².